The molecule has 0 bridgehead atoms. The van der Waals surface area contributed by atoms with Crippen LogP contribution in [-0.4, -0.2) is 20.5 Å². The van der Waals surface area contributed by atoms with E-state index in [9.17, 15) is 4.79 Å². The number of hydrogen-bond donors (Lipinski definition) is 2. The standard InChI is InChI=1S/C33H24BrN5O/c34-23-16-17-27-25(18-23)30(21-10-4-1-5-11-21)31(33(40)35-27)29-19-28(36-37-29)26-20-39(24-14-8-3-9-15-24)38-32(26)22-12-6-2-7-13-22/h1-18,20,28,36H,19H2,(H,35,40)/t28-/m0/s1. The number of pyridine rings is 1. The van der Waals surface area contributed by atoms with Gasteiger partial charge >= 0.3 is 0 Å². The van der Waals surface area contributed by atoms with Crippen molar-refractivity contribution in [1.82, 2.24) is 20.2 Å². The maximum atomic E-state index is 13.6. The van der Waals surface area contributed by atoms with Gasteiger partial charge in [0.2, 0.25) is 0 Å². The minimum Gasteiger partial charge on any atom is -0.321 e. The summed E-state index contributed by atoms with van der Waals surface area (Å²) in [4.78, 5) is 16.7. The van der Waals surface area contributed by atoms with Crippen molar-refractivity contribution >= 4 is 32.5 Å². The van der Waals surface area contributed by atoms with E-state index in [1.165, 1.54) is 0 Å². The predicted molar refractivity (Wildman–Crippen MR) is 164 cm³/mol. The second-order valence-electron chi connectivity index (χ2n) is 9.78. The Labute approximate surface area is 239 Å². The number of para-hydroxylation sites is 1. The van der Waals surface area contributed by atoms with E-state index in [4.69, 9.17) is 10.2 Å². The molecule has 3 heterocycles. The van der Waals surface area contributed by atoms with Crippen LogP contribution in [0.4, 0.5) is 0 Å². The molecule has 0 amide bonds. The zero-order valence-corrected chi connectivity index (χ0v) is 23.0. The van der Waals surface area contributed by atoms with Crippen LogP contribution < -0.4 is 11.0 Å². The van der Waals surface area contributed by atoms with Gasteiger partial charge in [-0.1, -0.05) is 94.8 Å². The summed E-state index contributed by atoms with van der Waals surface area (Å²) < 4.78 is 2.85. The van der Waals surface area contributed by atoms with Crippen molar-refractivity contribution in [2.45, 2.75) is 12.5 Å². The highest BCUT2D eigenvalue weighted by atomic mass is 79.9. The molecular weight excluding hydrogens is 562 g/mol. The zero-order chi connectivity index (χ0) is 27.1. The third kappa shape index (κ3) is 4.34. The molecule has 6 nitrogen and oxygen atoms in total. The summed E-state index contributed by atoms with van der Waals surface area (Å²) in [7, 11) is 0. The van der Waals surface area contributed by atoms with Gasteiger partial charge in [-0.3, -0.25) is 4.79 Å². The maximum Gasteiger partial charge on any atom is 0.258 e. The highest BCUT2D eigenvalue weighted by Gasteiger charge is 2.30. The lowest BCUT2D eigenvalue weighted by Gasteiger charge is -2.14. The highest BCUT2D eigenvalue weighted by Crippen LogP contribution is 2.36. The third-order valence-electron chi connectivity index (χ3n) is 7.27. The number of aromatic amines is 1. The largest absolute Gasteiger partial charge is 0.321 e. The summed E-state index contributed by atoms with van der Waals surface area (Å²) >= 11 is 3.61. The van der Waals surface area contributed by atoms with Gasteiger partial charge in [0, 0.05) is 44.7 Å². The van der Waals surface area contributed by atoms with E-state index in [0.29, 0.717) is 12.0 Å². The molecular formula is C33H24BrN5O. The Morgan fingerprint density at radius 2 is 1.48 bits per heavy atom. The fraction of sp³-hybridized carbons (Fsp3) is 0.0606. The number of nitrogens with one attached hydrogen (secondary N) is 2. The monoisotopic (exact) mass is 585 g/mol. The Bertz CT molecular complexity index is 1930. The van der Waals surface area contributed by atoms with Crippen molar-refractivity contribution in [3.63, 3.8) is 0 Å². The first-order valence-electron chi connectivity index (χ1n) is 13.1. The van der Waals surface area contributed by atoms with Crippen molar-refractivity contribution in [2.24, 2.45) is 5.10 Å². The molecule has 4 aromatic carbocycles. The average Bonchev–Trinajstić information content (AvgIpc) is 3.66. The van der Waals surface area contributed by atoms with Gasteiger partial charge in [-0.25, -0.2) is 4.68 Å². The molecule has 0 spiro atoms. The molecule has 194 valence electrons. The number of halogens is 1. The van der Waals surface area contributed by atoms with Crippen LogP contribution in [0.3, 0.4) is 0 Å². The van der Waals surface area contributed by atoms with E-state index >= 15 is 0 Å². The van der Waals surface area contributed by atoms with Crippen LogP contribution in [0.1, 0.15) is 23.6 Å². The molecule has 0 unspecified atom stereocenters. The Hall–Kier alpha value is -4.75. The average molecular weight is 586 g/mol. The van der Waals surface area contributed by atoms with Gasteiger partial charge in [-0.05, 0) is 35.9 Å². The fourth-order valence-corrected chi connectivity index (χ4v) is 5.76. The Balaban J connectivity index is 1.34. The molecule has 1 atom stereocenters. The molecule has 0 saturated heterocycles. The smallest absolute Gasteiger partial charge is 0.258 e. The Morgan fingerprint density at radius 3 is 2.20 bits per heavy atom. The summed E-state index contributed by atoms with van der Waals surface area (Å²) in [6.45, 7) is 0. The van der Waals surface area contributed by atoms with E-state index in [0.717, 1.165) is 54.7 Å². The first-order chi connectivity index (χ1) is 19.7. The second kappa shape index (κ2) is 10.1. The van der Waals surface area contributed by atoms with Crippen molar-refractivity contribution in [1.29, 1.82) is 0 Å². The molecule has 1 aliphatic heterocycles. The minimum absolute atomic E-state index is 0.149. The number of rotatable bonds is 5. The number of aromatic nitrogens is 3. The van der Waals surface area contributed by atoms with Gasteiger partial charge in [0.05, 0.1) is 28.7 Å². The van der Waals surface area contributed by atoms with Gasteiger partial charge in [0.1, 0.15) is 0 Å². The summed E-state index contributed by atoms with van der Waals surface area (Å²) in [5.74, 6) is 0. The molecule has 7 rings (SSSR count). The summed E-state index contributed by atoms with van der Waals surface area (Å²) in [5, 5.41) is 10.7. The molecule has 1 aliphatic rings. The lowest BCUT2D eigenvalue weighted by molar-refractivity contribution is 0.621. The molecule has 0 radical (unpaired) electrons. The summed E-state index contributed by atoms with van der Waals surface area (Å²) in [6.07, 6.45) is 2.61. The van der Waals surface area contributed by atoms with Crippen LogP contribution in [0.5, 0.6) is 0 Å². The van der Waals surface area contributed by atoms with Crippen molar-refractivity contribution in [3.8, 4) is 28.1 Å². The molecule has 0 saturated carbocycles. The lowest BCUT2D eigenvalue weighted by Crippen LogP contribution is -2.20. The number of hydrogen-bond acceptors (Lipinski definition) is 4. The summed E-state index contributed by atoms with van der Waals surface area (Å²) in [5.41, 5.74) is 11.0. The maximum absolute atomic E-state index is 13.6. The van der Waals surface area contributed by atoms with Crippen molar-refractivity contribution < 1.29 is 0 Å². The molecule has 0 fully saturated rings. The molecule has 40 heavy (non-hydrogen) atoms. The lowest BCUT2D eigenvalue weighted by atomic mass is 9.91. The first-order valence-corrected chi connectivity index (χ1v) is 13.9. The van der Waals surface area contributed by atoms with Gasteiger partial charge in [0.15, 0.2) is 0 Å². The molecule has 0 aliphatic carbocycles. The SMILES string of the molecule is O=c1[nH]c2ccc(Br)cc2c(-c2ccccc2)c1C1=NN[C@H](c2cn(-c3ccccc3)nc2-c2ccccc2)C1. The van der Waals surface area contributed by atoms with Crippen LogP contribution in [0.2, 0.25) is 0 Å². The number of nitrogens with zero attached hydrogens (tertiary/aromatic N) is 3. The third-order valence-corrected chi connectivity index (χ3v) is 7.76. The number of hydrazone groups is 1. The van der Waals surface area contributed by atoms with Gasteiger partial charge < -0.3 is 10.4 Å². The number of H-pyrrole nitrogens is 1. The normalized spacial score (nSPS) is 14.7. The van der Waals surface area contributed by atoms with Crippen LogP contribution in [0.15, 0.2) is 130 Å². The van der Waals surface area contributed by atoms with Crippen LogP contribution in [-0.2, 0) is 0 Å². The minimum atomic E-state index is -0.155. The van der Waals surface area contributed by atoms with E-state index in [-0.39, 0.29) is 11.6 Å². The highest BCUT2D eigenvalue weighted by molar-refractivity contribution is 9.10. The molecule has 7 heteroatoms. The molecule has 6 aromatic rings. The van der Waals surface area contributed by atoms with E-state index in [1.807, 2.05) is 95.7 Å². The van der Waals surface area contributed by atoms with E-state index < -0.39 is 0 Å². The summed E-state index contributed by atoms with van der Waals surface area (Å²) in [6, 6.07) is 36.1. The van der Waals surface area contributed by atoms with Crippen LogP contribution in [0.25, 0.3) is 39.0 Å². The van der Waals surface area contributed by atoms with Crippen molar-refractivity contribution in [3.05, 3.63) is 141 Å². The number of benzene rings is 4. The molecule has 2 aromatic heterocycles. The second-order valence-corrected chi connectivity index (χ2v) is 10.7. The van der Waals surface area contributed by atoms with E-state index in [1.54, 1.807) is 0 Å². The van der Waals surface area contributed by atoms with Gasteiger partial charge in [-0.15, -0.1) is 0 Å². The topological polar surface area (TPSA) is 75.1 Å². The number of fused-ring (bicyclic) bond motifs is 1. The molecule has 2 N–H and O–H groups in total. The van der Waals surface area contributed by atoms with Gasteiger partial charge in [0.25, 0.3) is 5.56 Å². The van der Waals surface area contributed by atoms with E-state index in [2.05, 4.69) is 50.7 Å². The quantitative estimate of drug-likeness (QED) is 0.224. The van der Waals surface area contributed by atoms with Crippen LogP contribution >= 0.6 is 15.9 Å². The Morgan fingerprint density at radius 1 is 0.800 bits per heavy atom. The fourth-order valence-electron chi connectivity index (χ4n) is 5.40. The Kier molecular flexibility index (Phi) is 6.13. The first kappa shape index (κ1) is 24.3. The van der Waals surface area contributed by atoms with Crippen molar-refractivity contribution in [2.75, 3.05) is 0 Å². The van der Waals surface area contributed by atoms with Gasteiger partial charge in [-0.2, -0.15) is 10.2 Å². The predicted octanol–water partition coefficient (Wildman–Crippen LogP) is 7.25. The van der Waals surface area contributed by atoms with Crippen LogP contribution in [0, 0.1) is 0 Å². The zero-order valence-electron chi connectivity index (χ0n) is 21.4.